The predicted molar refractivity (Wildman–Crippen MR) is 217 cm³/mol. The van der Waals surface area contributed by atoms with Crippen molar-refractivity contribution in [1.82, 2.24) is 29.5 Å². The Bertz CT molecular complexity index is 2650. The van der Waals surface area contributed by atoms with Crippen molar-refractivity contribution in [3.05, 3.63) is 116 Å². The number of carbonyl (C=O) groups excluding carboxylic acids is 4. The molecule has 1 unspecified atom stereocenters. The Balaban J connectivity index is 0.892. The van der Waals surface area contributed by atoms with E-state index in [4.69, 9.17) is 32.1 Å². The highest BCUT2D eigenvalue weighted by Crippen LogP contribution is 2.39. The lowest BCUT2D eigenvalue weighted by Crippen LogP contribution is -2.54. The Morgan fingerprint density at radius 2 is 1.86 bits per heavy atom. The molecule has 58 heavy (non-hydrogen) atoms. The molecule has 6 heterocycles. The molecule has 0 aliphatic carbocycles. The first kappa shape index (κ1) is 38.2. The van der Waals surface area contributed by atoms with Crippen LogP contribution in [0.4, 0.5) is 5.00 Å². The highest BCUT2D eigenvalue weighted by atomic mass is 35.5. The number of piperidine rings is 1. The van der Waals surface area contributed by atoms with Crippen LogP contribution in [0, 0.1) is 29.6 Å². The second-order valence-corrected chi connectivity index (χ2v) is 15.3. The van der Waals surface area contributed by atoms with E-state index in [0.29, 0.717) is 23.8 Å². The Kier molecular flexibility index (Phi) is 10.3. The summed E-state index contributed by atoms with van der Waals surface area (Å²) in [5.74, 6) is 4.87. The summed E-state index contributed by atoms with van der Waals surface area (Å²) in [6.07, 6.45) is 8.02. The summed E-state index contributed by atoms with van der Waals surface area (Å²) in [6.45, 7) is 5.12. The molecule has 0 bridgehead atoms. The van der Waals surface area contributed by atoms with Crippen LogP contribution in [-0.2, 0) is 29.3 Å². The molecule has 0 saturated carbocycles. The van der Waals surface area contributed by atoms with E-state index in [-0.39, 0.29) is 54.5 Å². The number of amidine groups is 2. The fourth-order valence-electron chi connectivity index (χ4n) is 7.13. The number of aryl methyl sites for hydroxylation is 2. The highest BCUT2D eigenvalue weighted by Gasteiger charge is 2.46. The number of imidazole rings is 1. The van der Waals surface area contributed by atoms with E-state index < -0.39 is 29.7 Å². The van der Waals surface area contributed by atoms with Crippen LogP contribution < -0.4 is 15.0 Å². The number of fused-ring (bicyclic) bond motifs is 2. The van der Waals surface area contributed by atoms with E-state index in [2.05, 4.69) is 27.2 Å². The number of thiophene rings is 1. The minimum Gasteiger partial charge on any atom is -0.486 e. The summed E-state index contributed by atoms with van der Waals surface area (Å²) in [4.78, 5) is 63.2. The molecular weight excluding hydrogens is 780 g/mol. The molecule has 3 aromatic heterocycles. The van der Waals surface area contributed by atoms with Gasteiger partial charge in [-0.2, -0.15) is 5.10 Å². The van der Waals surface area contributed by atoms with E-state index in [0.717, 1.165) is 49.2 Å². The quantitative estimate of drug-likeness (QED) is 0.0782. The Labute approximate surface area is 341 Å². The molecule has 0 spiro atoms. The van der Waals surface area contributed by atoms with Gasteiger partial charge in [0.25, 0.3) is 11.8 Å². The van der Waals surface area contributed by atoms with Crippen molar-refractivity contribution in [3.8, 4) is 17.6 Å². The zero-order valence-corrected chi connectivity index (χ0v) is 32.9. The molecule has 292 valence electrons. The van der Waals surface area contributed by atoms with Crippen LogP contribution in [0.25, 0.3) is 0 Å². The van der Waals surface area contributed by atoms with Crippen LogP contribution >= 0.6 is 22.9 Å². The lowest BCUT2D eigenvalue weighted by molar-refractivity contribution is -0.136. The average Bonchev–Trinajstić information content (AvgIpc) is 3.96. The third-order valence-electron chi connectivity index (χ3n) is 9.93. The second kappa shape index (κ2) is 15.7. The summed E-state index contributed by atoms with van der Waals surface area (Å²) < 4.78 is 9.74. The number of halogens is 1. The van der Waals surface area contributed by atoms with Crippen LogP contribution in [0.3, 0.4) is 0 Å². The van der Waals surface area contributed by atoms with Crippen molar-refractivity contribution >= 4 is 69.0 Å². The Morgan fingerprint density at radius 3 is 2.64 bits per heavy atom. The SMILES string of the molecule is CC(=N)N1C(=N)CN=C(c2ccc(Cl)cc2)c2c1sc(C#Cc1cnn(CCCn3cnc(COc4cccc5c4C(=O)N(C4CCC(=O)NC4=O)C5=O)c3)c1)c2C. The van der Waals surface area contributed by atoms with Gasteiger partial charge in [0, 0.05) is 48.1 Å². The molecule has 3 aliphatic heterocycles. The topological polar surface area (TPSA) is 192 Å². The second-order valence-electron chi connectivity index (χ2n) is 13.9. The molecule has 2 aromatic carbocycles. The minimum atomic E-state index is -1.06. The number of carbonyl (C=O) groups is 4. The van der Waals surface area contributed by atoms with Gasteiger partial charge in [-0.25, -0.2) is 4.98 Å². The van der Waals surface area contributed by atoms with Gasteiger partial charge in [-0.15, -0.1) is 11.3 Å². The van der Waals surface area contributed by atoms with E-state index in [1.165, 1.54) is 17.4 Å². The Morgan fingerprint density at radius 1 is 1.05 bits per heavy atom. The Hall–Kier alpha value is -6.70. The van der Waals surface area contributed by atoms with Crippen molar-refractivity contribution in [2.45, 2.75) is 58.8 Å². The number of rotatable bonds is 9. The fraction of sp³-hybridized carbons (Fsp3) is 0.244. The maximum atomic E-state index is 13.4. The monoisotopic (exact) mass is 814 g/mol. The van der Waals surface area contributed by atoms with E-state index >= 15 is 0 Å². The van der Waals surface area contributed by atoms with Gasteiger partial charge in [0.15, 0.2) is 0 Å². The first-order chi connectivity index (χ1) is 28.0. The summed E-state index contributed by atoms with van der Waals surface area (Å²) in [6, 6.07) is 11.1. The van der Waals surface area contributed by atoms with Crippen LogP contribution in [0.5, 0.6) is 5.75 Å². The number of imide groups is 2. The number of ether oxygens (including phenoxy) is 1. The summed E-state index contributed by atoms with van der Waals surface area (Å²) >= 11 is 7.60. The fourth-order valence-corrected chi connectivity index (χ4v) is 8.50. The normalized spacial score (nSPS) is 16.4. The maximum Gasteiger partial charge on any atom is 0.266 e. The van der Waals surface area contributed by atoms with Crippen molar-refractivity contribution in [2.24, 2.45) is 4.99 Å². The number of nitrogens with one attached hydrogen (secondary N) is 3. The summed E-state index contributed by atoms with van der Waals surface area (Å²) in [7, 11) is 0. The smallest absolute Gasteiger partial charge is 0.266 e. The van der Waals surface area contributed by atoms with Gasteiger partial charge < -0.3 is 9.30 Å². The van der Waals surface area contributed by atoms with Crippen molar-refractivity contribution in [1.29, 1.82) is 10.8 Å². The number of hydrogen-bond acceptors (Lipinski definition) is 11. The van der Waals surface area contributed by atoms with Gasteiger partial charge in [0.05, 0.1) is 52.0 Å². The maximum absolute atomic E-state index is 13.4. The zero-order valence-electron chi connectivity index (χ0n) is 31.3. The van der Waals surface area contributed by atoms with Gasteiger partial charge >= 0.3 is 0 Å². The van der Waals surface area contributed by atoms with Crippen molar-refractivity contribution in [3.63, 3.8) is 0 Å². The molecule has 5 aromatic rings. The number of aliphatic imine (C=N–C) groups is 1. The third kappa shape index (κ3) is 7.33. The molecular formula is C41H35ClN10O5S. The van der Waals surface area contributed by atoms with Gasteiger partial charge in [-0.1, -0.05) is 41.6 Å². The molecule has 17 heteroatoms. The van der Waals surface area contributed by atoms with Gasteiger partial charge in [0.1, 0.15) is 35.1 Å². The molecule has 3 N–H and O–H groups in total. The van der Waals surface area contributed by atoms with Crippen LogP contribution in [0.2, 0.25) is 5.02 Å². The first-order valence-electron chi connectivity index (χ1n) is 18.4. The number of aromatic nitrogens is 4. The van der Waals surface area contributed by atoms with Gasteiger partial charge in [-0.3, -0.25) is 54.8 Å². The molecule has 15 nitrogen and oxygen atoms in total. The molecule has 4 amide bonds. The minimum absolute atomic E-state index is 0.0384. The largest absolute Gasteiger partial charge is 0.486 e. The number of nitrogens with zero attached hydrogens (tertiary/aromatic N) is 7. The average molecular weight is 815 g/mol. The highest BCUT2D eigenvalue weighted by molar-refractivity contribution is 7.17. The summed E-state index contributed by atoms with van der Waals surface area (Å²) in [5.41, 5.74) is 4.99. The van der Waals surface area contributed by atoms with E-state index in [9.17, 15) is 19.2 Å². The van der Waals surface area contributed by atoms with Gasteiger partial charge in [-0.05, 0) is 56.5 Å². The molecule has 1 fully saturated rings. The molecule has 3 aliphatic rings. The zero-order chi connectivity index (χ0) is 40.7. The van der Waals surface area contributed by atoms with E-state index in [1.807, 2.05) is 52.8 Å². The molecule has 0 radical (unpaired) electrons. The number of hydrogen-bond donors (Lipinski definition) is 3. The number of amides is 4. The number of anilines is 1. The standard InChI is InChI=1S/C41H35ClN10O5S/c1-23-32(58-41-35(23)37(26-8-10-27(42)11-9-26)45-18-33(44)51(41)24(2)43)13-7-25-17-47-50(19-25)16-4-15-49-20-28(46-22-49)21-57-31-6-3-5-29-36(31)40(56)52(39(29)55)30-12-14-34(53)48-38(30)54/h3,5-6,8-11,17,19-20,22,30,43-44H,4,12,14-16,18,21H2,1-2H3,(H,48,53,54). The van der Waals surface area contributed by atoms with Crippen LogP contribution in [-0.4, -0.2) is 77.8 Å². The molecule has 8 rings (SSSR count). The lowest BCUT2D eigenvalue weighted by Gasteiger charge is -2.27. The number of benzene rings is 2. The summed E-state index contributed by atoms with van der Waals surface area (Å²) in [5, 5.41) is 25.2. The van der Waals surface area contributed by atoms with Crippen LogP contribution in [0.15, 0.2) is 72.4 Å². The van der Waals surface area contributed by atoms with Gasteiger partial charge in [0.2, 0.25) is 11.8 Å². The lowest BCUT2D eigenvalue weighted by atomic mass is 9.99. The van der Waals surface area contributed by atoms with Crippen molar-refractivity contribution in [2.75, 3.05) is 11.4 Å². The predicted octanol–water partition coefficient (Wildman–Crippen LogP) is 5.21. The third-order valence-corrected chi connectivity index (χ3v) is 11.4. The van der Waals surface area contributed by atoms with E-state index in [1.54, 1.807) is 36.5 Å². The molecule has 1 atom stereocenters. The van der Waals surface area contributed by atoms with Crippen molar-refractivity contribution < 1.29 is 23.9 Å². The molecule has 1 saturated heterocycles. The van der Waals surface area contributed by atoms with Crippen LogP contribution in [0.1, 0.15) is 79.7 Å². The first-order valence-corrected chi connectivity index (χ1v) is 19.6.